The van der Waals surface area contributed by atoms with Crippen LogP contribution >= 0.6 is 0 Å². The Kier molecular flexibility index (Phi) is 6.18. The van der Waals surface area contributed by atoms with Gasteiger partial charge in [0.1, 0.15) is 0 Å². The zero-order chi connectivity index (χ0) is 21.6. The van der Waals surface area contributed by atoms with Crippen LogP contribution in [0.4, 0.5) is 0 Å². The normalized spacial score (nSPS) is 12.2. The van der Waals surface area contributed by atoms with Gasteiger partial charge in [-0.15, -0.1) is 0 Å². The van der Waals surface area contributed by atoms with E-state index in [1.54, 1.807) is 0 Å². The number of hydrogen-bond donors (Lipinski definition) is 0. The van der Waals surface area contributed by atoms with E-state index >= 15 is 0 Å². The molecule has 0 heterocycles. The zero-order valence-corrected chi connectivity index (χ0v) is 18.0. The molecule has 0 saturated heterocycles. The molecular weight excluding hydrogens is 376 g/mol. The minimum absolute atomic E-state index is 0.669. The Labute approximate surface area is 184 Å². The van der Waals surface area contributed by atoms with Crippen LogP contribution in [-0.4, -0.2) is 11.5 Å². The Hall–Kier alpha value is -3.78. The van der Waals surface area contributed by atoms with Crippen molar-refractivity contribution in [2.24, 2.45) is 9.98 Å². The van der Waals surface area contributed by atoms with Gasteiger partial charge in [0.25, 0.3) is 0 Å². The second kappa shape index (κ2) is 9.36. The first-order valence-electron chi connectivity index (χ1n) is 10.6. The van der Waals surface area contributed by atoms with Crippen LogP contribution in [0.15, 0.2) is 114 Å². The van der Waals surface area contributed by atoms with E-state index in [0.29, 0.717) is 11.5 Å². The molecule has 31 heavy (non-hydrogen) atoms. The van der Waals surface area contributed by atoms with Gasteiger partial charge in [-0.1, -0.05) is 104 Å². The van der Waals surface area contributed by atoms with Crippen molar-refractivity contribution in [1.82, 2.24) is 0 Å². The molecule has 0 aliphatic carbocycles. The number of fused-ring (bicyclic) bond motifs is 1. The van der Waals surface area contributed by atoms with E-state index in [1.807, 2.05) is 37.3 Å². The Morgan fingerprint density at radius 1 is 0.677 bits per heavy atom. The molecule has 2 nitrogen and oxygen atoms in total. The standard InChI is InChI=1S/C29H26N2/c1-4-23-14-16-26(17-15-23)29(30-21(2)24-10-6-5-7-11-24)31-22(3)27-19-18-25-12-8-9-13-28(25)20-27/h5-20H,3-4H2,1-2H3/b30-21+,31-29-. The number of rotatable bonds is 5. The lowest BCUT2D eigenvalue weighted by Gasteiger charge is -2.08. The highest BCUT2D eigenvalue weighted by Crippen LogP contribution is 2.22. The summed E-state index contributed by atoms with van der Waals surface area (Å²) in [4.78, 5) is 9.79. The fourth-order valence-corrected chi connectivity index (χ4v) is 3.51. The highest BCUT2D eigenvalue weighted by Gasteiger charge is 2.08. The molecule has 0 atom stereocenters. The summed E-state index contributed by atoms with van der Waals surface area (Å²) in [5, 5.41) is 2.38. The van der Waals surface area contributed by atoms with Gasteiger partial charge in [-0.3, -0.25) is 0 Å². The maximum Gasteiger partial charge on any atom is 0.160 e. The van der Waals surface area contributed by atoms with Crippen LogP contribution in [0.25, 0.3) is 16.5 Å². The molecule has 0 N–H and O–H groups in total. The van der Waals surface area contributed by atoms with Gasteiger partial charge in [0.15, 0.2) is 5.84 Å². The van der Waals surface area contributed by atoms with E-state index in [4.69, 9.17) is 9.98 Å². The number of hydrogen-bond acceptors (Lipinski definition) is 1. The van der Waals surface area contributed by atoms with Crippen molar-refractivity contribution < 1.29 is 0 Å². The minimum Gasteiger partial charge on any atom is -0.233 e. The molecule has 152 valence electrons. The SMILES string of the molecule is C=C(/N=C(\N=C(/C)c1ccccc1)c1ccc(CC)cc1)c1ccc2ccccc2c1. The van der Waals surface area contributed by atoms with Crippen LogP contribution in [0.2, 0.25) is 0 Å². The van der Waals surface area contributed by atoms with E-state index in [9.17, 15) is 0 Å². The summed E-state index contributed by atoms with van der Waals surface area (Å²) in [5.74, 6) is 0.669. The van der Waals surface area contributed by atoms with Crippen molar-refractivity contribution in [1.29, 1.82) is 0 Å². The molecule has 0 radical (unpaired) electrons. The first kappa shape index (κ1) is 20.5. The third-order valence-electron chi connectivity index (χ3n) is 5.41. The molecule has 0 aliphatic heterocycles. The van der Waals surface area contributed by atoms with Crippen LogP contribution in [0.5, 0.6) is 0 Å². The first-order chi connectivity index (χ1) is 15.1. The number of benzene rings is 4. The molecule has 0 spiro atoms. The lowest BCUT2D eigenvalue weighted by atomic mass is 10.1. The van der Waals surface area contributed by atoms with Crippen LogP contribution in [-0.2, 0) is 6.42 Å². The molecule has 4 aromatic rings. The summed E-state index contributed by atoms with van der Waals surface area (Å²) in [6, 6.07) is 33.3. The Bertz CT molecular complexity index is 1260. The third kappa shape index (κ3) is 4.87. The minimum atomic E-state index is 0.669. The quantitative estimate of drug-likeness (QED) is 0.247. The predicted molar refractivity (Wildman–Crippen MR) is 134 cm³/mol. The van der Waals surface area contributed by atoms with Gasteiger partial charge in [-0.25, -0.2) is 9.98 Å². The van der Waals surface area contributed by atoms with Gasteiger partial charge < -0.3 is 0 Å². The summed E-state index contributed by atoms with van der Waals surface area (Å²) in [6.07, 6.45) is 1.00. The van der Waals surface area contributed by atoms with Gasteiger partial charge in [-0.05, 0) is 41.3 Å². The van der Waals surface area contributed by atoms with Gasteiger partial charge in [0.05, 0.1) is 5.70 Å². The molecule has 0 bridgehead atoms. The number of aliphatic imine (C=N–C) groups is 2. The molecular formula is C29H26N2. The number of nitrogens with zero attached hydrogens (tertiary/aromatic N) is 2. The second-order valence-electron chi connectivity index (χ2n) is 7.56. The third-order valence-corrected chi connectivity index (χ3v) is 5.41. The zero-order valence-electron chi connectivity index (χ0n) is 18.0. The fraction of sp³-hybridized carbons (Fsp3) is 0.103. The van der Waals surface area contributed by atoms with Crippen LogP contribution < -0.4 is 0 Å². The van der Waals surface area contributed by atoms with E-state index in [2.05, 4.69) is 80.2 Å². The maximum atomic E-state index is 4.91. The summed E-state index contributed by atoms with van der Waals surface area (Å²) in [6.45, 7) is 8.43. The van der Waals surface area contributed by atoms with Gasteiger partial charge in [0, 0.05) is 16.8 Å². The van der Waals surface area contributed by atoms with Crippen LogP contribution in [0.3, 0.4) is 0 Å². The Balaban J connectivity index is 1.76. The summed E-state index contributed by atoms with van der Waals surface area (Å²) < 4.78 is 0. The molecule has 0 amide bonds. The molecule has 2 heteroatoms. The maximum absolute atomic E-state index is 4.91. The van der Waals surface area contributed by atoms with Crippen molar-refractivity contribution in [3.05, 3.63) is 126 Å². The van der Waals surface area contributed by atoms with E-state index in [-0.39, 0.29) is 0 Å². The van der Waals surface area contributed by atoms with E-state index in [1.165, 1.54) is 16.3 Å². The summed E-state index contributed by atoms with van der Waals surface area (Å²) in [5.41, 5.74) is 5.97. The van der Waals surface area contributed by atoms with Gasteiger partial charge >= 0.3 is 0 Å². The van der Waals surface area contributed by atoms with Crippen LogP contribution in [0, 0.1) is 0 Å². The van der Waals surface area contributed by atoms with E-state index < -0.39 is 0 Å². The summed E-state index contributed by atoms with van der Waals surface area (Å²) >= 11 is 0. The number of amidine groups is 1. The molecule has 0 fully saturated rings. The van der Waals surface area contributed by atoms with Crippen molar-refractivity contribution in [3.8, 4) is 0 Å². The average Bonchev–Trinajstić information content (AvgIpc) is 2.83. The highest BCUT2D eigenvalue weighted by atomic mass is 14.9. The molecule has 4 rings (SSSR count). The lowest BCUT2D eigenvalue weighted by Crippen LogP contribution is -2.04. The average molecular weight is 403 g/mol. The molecule has 0 aliphatic rings. The lowest BCUT2D eigenvalue weighted by molar-refractivity contribution is 1.14. The van der Waals surface area contributed by atoms with Crippen molar-refractivity contribution in [2.45, 2.75) is 20.3 Å². The van der Waals surface area contributed by atoms with Gasteiger partial charge in [0.2, 0.25) is 0 Å². The highest BCUT2D eigenvalue weighted by molar-refractivity contribution is 6.12. The number of aryl methyl sites for hydroxylation is 1. The van der Waals surface area contributed by atoms with Crippen molar-refractivity contribution in [2.75, 3.05) is 0 Å². The Morgan fingerprint density at radius 3 is 2.03 bits per heavy atom. The molecule has 0 saturated carbocycles. The Morgan fingerprint density at radius 2 is 1.32 bits per heavy atom. The first-order valence-corrected chi connectivity index (χ1v) is 10.6. The van der Waals surface area contributed by atoms with Crippen molar-refractivity contribution >= 4 is 28.0 Å². The predicted octanol–water partition coefficient (Wildman–Crippen LogP) is 7.33. The fourth-order valence-electron chi connectivity index (χ4n) is 3.51. The van der Waals surface area contributed by atoms with Crippen molar-refractivity contribution in [3.63, 3.8) is 0 Å². The summed E-state index contributed by atoms with van der Waals surface area (Å²) in [7, 11) is 0. The molecule has 4 aromatic carbocycles. The second-order valence-corrected chi connectivity index (χ2v) is 7.56. The monoisotopic (exact) mass is 402 g/mol. The van der Waals surface area contributed by atoms with Crippen LogP contribution in [0.1, 0.15) is 36.1 Å². The topological polar surface area (TPSA) is 24.7 Å². The molecule has 0 unspecified atom stereocenters. The smallest absolute Gasteiger partial charge is 0.160 e. The molecule has 0 aromatic heterocycles. The van der Waals surface area contributed by atoms with E-state index in [0.717, 1.165) is 28.8 Å². The largest absolute Gasteiger partial charge is 0.233 e. The van der Waals surface area contributed by atoms with Gasteiger partial charge in [-0.2, -0.15) is 0 Å².